The van der Waals surface area contributed by atoms with Crippen molar-refractivity contribution in [1.82, 2.24) is 9.88 Å². The van der Waals surface area contributed by atoms with Gasteiger partial charge in [-0.25, -0.2) is 4.39 Å². The van der Waals surface area contributed by atoms with Gasteiger partial charge in [0, 0.05) is 35.2 Å². The fourth-order valence-corrected chi connectivity index (χ4v) is 4.39. The highest BCUT2D eigenvalue weighted by atomic mass is 19.1. The molecule has 5 heteroatoms. The lowest BCUT2D eigenvalue weighted by Gasteiger charge is -2.29. The third kappa shape index (κ3) is 4.69. The zero-order chi connectivity index (χ0) is 21.8. The van der Waals surface area contributed by atoms with Gasteiger partial charge in [0.05, 0.1) is 0 Å². The van der Waals surface area contributed by atoms with Crippen molar-refractivity contribution in [3.05, 3.63) is 77.2 Å². The van der Waals surface area contributed by atoms with Crippen LogP contribution in [0.15, 0.2) is 60.3 Å². The van der Waals surface area contributed by atoms with E-state index < -0.39 is 0 Å². The molecule has 1 aliphatic carbocycles. The van der Waals surface area contributed by atoms with Gasteiger partial charge in [0.25, 0.3) is 5.91 Å². The quantitative estimate of drug-likeness (QED) is 0.446. The second-order valence-electron chi connectivity index (χ2n) is 8.37. The van der Waals surface area contributed by atoms with Crippen LogP contribution >= 0.6 is 0 Å². The molecule has 3 aromatic rings. The van der Waals surface area contributed by atoms with Gasteiger partial charge < -0.3 is 9.88 Å². The summed E-state index contributed by atoms with van der Waals surface area (Å²) in [5.74, 6) is -0.145. The van der Waals surface area contributed by atoms with Gasteiger partial charge in [-0.2, -0.15) is 5.26 Å². The van der Waals surface area contributed by atoms with Crippen LogP contribution in [0.4, 0.5) is 4.39 Å². The highest BCUT2D eigenvalue weighted by Crippen LogP contribution is 2.26. The minimum atomic E-state index is -0.309. The van der Waals surface area contributed by atoms with Crippen molar-refractivity contribution in [2.75, 3.05) is 0 Å². The number of para-hydroxylation sites is 1. The lowest BCUT2D eigenvalue weighted by molar-refractivity contribution is -0.118. The number of hydrogen-bond acceptors (Lipinski definition) is 2. The van der Waals surface area contributed by atoms with Crippen molar-refractivity contribution < 1.29 is 9.18 Å². The Hall–Kier alpha value is -3.39. The van der Waals surface area contributed by atoms with Gasteiger partial charge in [0.1, 0.15) is 17.5 Å². The number of benzene rings is 2. The standard InChI is InChI=1S/C26H26FN3O/c1-18-6-2-4-8-24(18)29-26(31)20(15-28)14-21-17-30(25-9-5-3-7-23(21)25)16-19-10-12-22(27)13-11-19/h3,5,7,9-14,17-18,24H,2,4,6,8,16H2,1H3,(H,29,31)/b20-14+/t18-,24+/m1/s1. The van der Waals surface area contributed by atoms with Crippen LogP contribution in [-0.4, -0.2) is 16.5 Å². The Bertz CT molecular complexity index is 1150. The van der Waals surface area contributed by atoms with E-state index >= 15 is 0 Å². The van der Waals surface area contributed by atoms with Crippen LogP contribution in [0, 0.1) is 23.1 Å². The Kier molecular flexibility index (Phi) is 6.18. The highest BCUT2D eigenvalue weighted by Gasteiger charge is 2.24. The van der Waals surface area contributed by atoms with E-state index in [2.05, 4.69) is 22.9 Å². The van der Waals surface area contributed by atoms with E-state index in [9.17, 15) is 14.4 Å². The van der Waals surface area contributed by atoms with Gasteiger partial charge in [-0.1, -0.05) is 50.1 Å². The second kappa shape index (κ2) is 9.18. The van der Waals surface area contributed by atoms with Crippen LogP contribution in [0.5, 0.6) is 0 Å². The van der Waals surface area contributed by atoms with E-state index in [1.54, 1.807) is 18.2 Å². The molecule has 1 fully saturated rings. The molecule has 1 amide bonds. The van der Waals surface area contributed by atoms with Gasteiger partial charge in [0.2, 0.25) is 0 Å². The third-order valence-electron chi connectivity index (χ3n) is 6.18. The van der Waals surface area contributed by atoms with E-state index in [1.165, 1.54) is 18.6 Å². The monoisotopic (exact) mass is 415 g/mol. The average Bonchev–Trinajstić information content (AvgIpc) is 3.12. The molecular formula is C26H26FN3O. The molecule has 1 aromatic heterocycles. The Labute approximate surface area is 182 Å². The summed E-state index contributed by atoms with van der Waals surface area (Å²) in [5.41, 5.74) is 2.91. The minimum Gasteiger partial charge on any atom is -0.348 e. The number of aromatic nitrogens is 1. The van der Waals surface area contributed by atoms with Gasteiger partial charge in [0.15, 0.2) is 0 Å². The molecule has 0 spiro atoms. The number of nitrogens with zero attached hydrogens (tertiary/aromatic N) is 2. The van der Waals surface area contributed by atoms with Crippen LogP contribution in [0.2, 0.25) is 0 Å². The molecule has 1 saturated carbocycles. The van der Waals surface area contributed by atoms with E-state index in [0.717, 1.165) is 41.3 Å². The summed E-state index contributed by atoms with van der Waals surface area (Å²) in [6, 6.07) is 16.5. The van der Waals surface area contributed by atoms with Crippen molar-refractivity contribution in [1.29, 1.82) is 5.26 Å². The number of halogens is 1. The van der Waals surface area contributed by atoms with Gasteiger partial charge >= 0.3 is 0 Å². The van der Waals surface area contributed by atoms with Crippen LogP contribution in [0.25, 0.3) is 17.0 Å². The molecule has 1 aliphatic rings. The lowest BCUT2D eigenvalue weighted by atomic mass is 9.86. The predicted octanol–water partition coefficient (Wildman–Crippen LogP) is 5.43. The normalized spacial score (nSPS) is 19.2. The topological polar surface area (TPSA) is 57.8 Å². The summed E-state index contributed by atoms with van der Waals surface area (Å²) in [6.45, 7) is 2.73. The summed E-state index contributed by atoms with van der Waals surface area (Å²) >= 11 is 0. The van der Waals surface area contributed by atoms with Crippen molar-refractivity contribution in [3.8, 4) is 6.07 Å². The number of carbonyl (C=O) groups excluding carboxylic acids is 1. The summed E-state index contributed by atoms with van der Waals surface area (Å²) in [7, 11) is 0. The zero-order valence-corrected chi connectivity index (χ0v) is 17.6. The van der Waals surface area contributed by atoms with Gasteiger partial charge in [-0.15, -0.1) is 0 Å². The van der Waals surface area contributed by atoms with E-state index in [-0.39, 0.29) is 23.3 Å². The Morgan fingerprint density at radius 3 is 2.68 bits per heavy atom. The maximum Gasteiger partial charge on any atom is 0.262 e. The maximum absolute atomic E-state index is 13.2. The minimum absolute atomic E-state index is 0.113. The van der Waals surface area contributed by atoms with Crippen LogP contribution in [0.3, 0.4) is 0 Å². The number of fused-ring (bicyclic) bond motifs is 1. The molecule has 0 radical (unpaired) electrons. The van der Waals surface area contributed by atoms with Crippen molar-refractivity contribution >= 4 is 22.9 Å². The second-order valence-corrected chi connectivity index (χ2v) is 8.37. The first-order valence-corrected chi connectivity index (χ1v) is 10.8. The predicted molar refractivity (Wildman–Crippen MR) is 121 cm³/mol. The fraction of sp³-hybridized carbons (Fsp3) is 0.308. The number of hydrogen-bond donors (Lipinski definition) is 1. The Balaban J connectivity index is 1.63. The number of nitriles is 1. The number of rotatable bonds is 5. The Morgan fingerprint density at radius 1 is 1.19 bits per heavy atom. The van der Waals surface area contributed by atoms with Crippen molar-refractivity contribution in [2.45, 2.75) is 45.2 Å². The maximum atomic E-state index is 13.2. The largest absolute Gasteiger partial charge is 0.348 e. The molecule has 1 heterocycles. The first-order chi connectivity index (χ1) is 15.0. The van der Waals surface area contributed by atoms with Crippen molar-refractivity contribution in [3.63, 3.8) is 0 Å². The third-order valence-corrected chi connectivity index (χ3v) is 6.18. The summed E-state index contributed by atoms with van der Waals surface area (Å²) in [5, 5.41) is 13.7. The smallest absolute Gasteiger partial charge is 0.262 e. The van der Waals surface area contributed by atoms with Crippen LogP contribution in [-0.2, 0) is 11.3 Å². The summed E-state index contributed by atoms with van der Waals surface area (Å²) in [6.07, 6.45) is 7.99. The SMILES string of the molecule is C[C@@H]1CCCC[C@@H]1NC(=O)/C(C#N)=C/c1cn(Cc2ccc(F)cc2)c2ccccc12. The molecule has 4 rings (SSSR count). The zero-order valence-electron chi connectivity index (χ0n) is 17.6. The molecule has 0 bridgehead atoms. The highest BCUT2D eigenvalue weighted by molar-refractivity contribution is 6.04. The van der Waals surface area contributed by atoms with E-state index in [1.807, 2.05) is 30.5 Å². The van der Waals surface area contributed by atoms with Crippen LogP contribution in [0.1, 0.15) is 43.7 Å². The summed E-state index contributed by atoms with van der Waals surface area (Å²) < 4.78 is 15.3. The molecule has 2 atom stereocenters. The first kappa shape index (κ1) is 20.9. The molecule has 2 aromatic carbocycles. The summed E-state index contributed by atoms with van der Waals surface area (Å²) in [4.78, 5) is 12.8. The van der Waals surface area contributed by atoms with Crippen molar-refractivity contribution in [2.24, 2.45) is 5.92 Å². The number of nitrogens with one attached hydrogen (secondary N) is 1. The molecular weight excluding hydrogens is 389 g/mol. The Morgan fingerprint density at radius 2 is 1.94 bits per heavy atom. The van der Waals surface area contributed by atoms with E-state index in [4.69, 9.17) is 0 Å². The lowest BCUT2D eigenvalue weighted by Crippen LogP contribution is -2.41. The number of amides is 1. The van der Waals surface area contributed by atoms with E-state index in [0.29, 0.717) is 12.5 Å². The molecule has 0 saturated heterocycles. The average molecular weight is 416 g/mol. The molecule has 4 nitrogen and oxygen atoms in total. The van der Waals surface area contributed by atoms with Gasteiger partial charge in [-0.05, 0) is 48.6 Å². The van der Waals surface area contributed by atoms with Crippen LogP contribution < -0.4 is 5.32 Å². The molecule has 1 N–H and O–H groups in total. The van der Waals surface area contributed by atoms with Gasteiger partial charge in [-0.3, -0.25) is 4.79 Å². The molecule has 31 heavy (non-hydrogen) atoms. The molecule has 158 valence electrons. The molecule has 0 unspecified atom stereocenters. The molecule has 0 aliphatic heterocycles. The fourth-order valence-electron chi connectivity index (χ4n) is 4.39. The number of carbonyl (C=O) groups is 1. The first-order valence-electron chi connectivity index (χ1n) is 10.8.